The van der Waals surface area contributed by atoms with Gasteiger partial charge < -0.3 is 16.0 Å². The summed E-state index contributed by atoms with van der Waals surface area (Å²) in [5.74, 6) is 0.0614. The van der Waals surface area contributed by atoms with Crippen LogP contribution in [0.2, 0.25) is 0 Å². The van der Waals surface area contributed by atoms with Crippen LogP contribution in [0.4, 0.5) is 5.69 Å². The first-order valence-electron chi connectivity index (χ1n) is 5.80. The third-order valence-electron chi connectivity index (χ3n) is 3.02. The molecule has 0 unspecified atom stereocenters. The maximum atomic E-state index is 11.4. The molecular formula is C12H18N4O. The summed E-state index contributed by atoms with van der Waals surface area (Å²) >= 11 is 0. The van der Waals surface area contributed by atoms with Crippen molar-refractivity contribution in [2.45, 2.75) is 20.4 Å². The van der Waals surface area contributed by atoms with Gasteiger partial charge in [-0.15, -0.1) is 0 Å². The fraction of sp³-hybridized carbons (Fsp3) is 0.500. The maximum absolute atomic E-state index is 11.4. The molecular weight excluding hydrogens is 216 g/mol. The van der Waals surface area contributed by atoms with Gasteiger partial charge >= 0.3 is 0 Å². The van der Waals surface area contributed by atoms with E-state index in [9.17, 15) is 4.79 Å². The van der Waals surface area contributed by atoms with Crippen molar-refractivity contribution in [1.82, 2.24) is 10.3 Å². The Hall–Kier alpha value is -1.62. The highest BCUT2D eigenvalue weighted by Crippen LogP contribution is 2.24. The normalized spacial score (nSPS) is 15.9. The number of hydrogen-bond acceptors (Lipinski definition) is 4. The topological polar surface area (TPSA) is 71.2 Å². The van der Waals surface area contributed by atoms with E-state index in [0.29, 0.717) is 19.6 Å². The van der Waals surface area contributed by atoms with E-state index in [2.05, 4.69) is 15.2 Å². The van der Waals surface area contributed by atoms with Crippen molar-refractivity contribution < 1.29 is 4.79 Å². The third-order valence-corrected chi connectivity index (χ3v) is 3.02. The number of hydrogen-bond donors (Lipinski definition) is 2. The van der Waals surface area contributed by atoms with Crippen molar-refractivity contribution >= 4 is 11.6 Å². The molecule has 0 radical (unpaired) electrons. The lowest BCUT2D eigenvalue weighted by molar-refractivity contribution is -0.120. The van der Waals surface area contributed by atoms with Gasteiger partial charge in [0.15, 0.2) is 0 Å². The van der Waals surface area contributed by atoms with E-state index in [1.807, 2.05) is 19.9 Å². The summed E-state index contributed by atoms with van der Waals surface area (Å²) in [6.07, 6.45) is 0. The number of aromatic nitrogens is 1. The van der Waals surface area contributed by atoms with Crippen LogP contribution in [0.3, 0.4) is 0 Å². The summed E-state index contributed by atoms with van der Waals surface area (Å²) in [6.45, 7) is 6.27. The SMILES string of the molecule is Cc1cc(N2CCNC(=O)C2)c(CN)c(C)n1. The summed E-state index contributed by atoms with van der Waals surface area (Å²) in [4.78, 5) is 17.9. The van der Waals surface area contributed by atoms with Gasteiger partial charge in [-0.25, -0.2) is 0 Å². The van der Waals surface area contributed by atoms with Crippen molar-refractivity contribution in [3.63, 3.8) is 0 Å². The van der Waals surface area contributed by atoms with Crippen molar-refractivity contribution in [1.29, 1.82) is 0 Å². The lowest BCUT2D eigenvalue weighted by Gasteiger charge is -2.30. The zero-order valence-corrected chi connectivity index (χ0v) is 10.3. The fourth-order valence-electron chi connectivity index (χ4n) is 2.21. The van der Waals surface area contributed by atoms with Crippen molar-refractivity contribution in [3.05, 3.63) is 23.0 Å². The number of carbonyl (C=O) groups is 1. The average molecular weight is 234 g/mol. The monoisotopic (exact) mass is 234 g/mol. The van der Waals surface area contributed by atoms with Gasteiger partial charge in [-0.1, -0.05) is 0 Å². The predicted octanol–water partition coefficient (Wildman–Crippen LogP) is 0.0933. The zero-order valence-electron chi connectivity index (χ0n) is 10.3. The average Bonchev–Trinajstić information content (AvgIpc) is 2.28. The van der Waals surface area contributed by atoms with Crippen LogP contribution < -0.4 is 16.0 Å². The second kappa shape index (κ2) is 4.71. The van der Waals surface area contributed by atoms with Gasteiger partial charge in [-0.05, 0) is 19.9 Å². The molecule has 0 bridgehead atoms. The number of pyridine rings is 1. The molecule has 3 N–H and O–H groups in total. The molecule has 0 spiro atoms. The molecule has 1 aliphatic heterocycles. The van der Waals surface area contributed by atoms with Crippen LogP contribution in [-0.2, 0) is 11.3 Å². The first kappa shape index (κ1) is 11.9. The first-order chi connectivity index (χ1) is 8.11. The number of nitrogens with one attached hydrogen (secondary N) is 1. The van der Waals surface area contributed by atoms with Crippen LogP contribution in [0.25, 0.3) is 0 Å². The van der Waals surface area contributed by atoms with E-state index in [4.69, 9.17) is 5.73 Å². The Morgan fingerprint density at radius 1 is 1.53 bits per heavy atom. The number of aryl methyl sites for hydroxylation is 2. The zero-order chi connectivity index (χ0) is 12.4. The highest BCUT2D eigenvalue weighted by atomic mass is 16.2. The largest absolute Gasteiger partial charge is 0.360 e. The Morgan fingerprint density at radius 3 is 2.94 bits per heavy atom. The summed E-state index contributed by atoms with van der Waals surface area (Å²) in [6, 6.07) is 2.01. The van der Waals surface area contributed by atoms with Crippen LogP contribution in [0, 0.1) is 13.8 Å². The highest BCUT2D eigenvalue weighted by Gasteiger charge is 2.20. The number of nitrogens with zero attached hydrogens (tertiary/aromatic N) is 2. The summed E-state index contributed by atoms with van der Waals surface area (Å²) in [7, 11) is 0. The smallest absolute Gasteiger partial charge is 0.239 e. The molecule has 5 nitrogen and oxygen atoms in total. The molecule has 0 atom stereocenters. The first-order valence-corrected chi connectivity index (χ1v) is 5.80. The summed E-state index contributed by atoms with van der Waals surface area (Å²) in [5.41, 5.74) is 9.77. The minimum atomic E-state index is 0.0614. The van der Waals surface area contributed by atoms with Gasteiger partial charge in [-0.3, -0.25) is 9.78 Å². The lowest BCUT2D eigenvalue weighted by Crippen LogP contribution is -2.48. The Balaban J connectivity index is 2.39. The van der Waals surface area contributed by atoms with Gasteiger partial charge in [0.2, 0.25) is 5.91 Å². The maximum Gasteiger partial charge on any atom is 0.239 e. The second-order valence-electron chi connectivity index (χ2n) is 4.32. The number of amides is 1. The van der Waals surface area contributed by atoms with Gasteiger partial charge in [0.25, 0.3) is 0 Å². The molecule has 1 aromatic rings. The molecule has 0 aliphatic carbocycles. The molecule has 2 heterocycles. The molecule has 1 aromatic heterocycles. The van der Waals surface area contributed by atoms with Crippen molar-refractivity contribution in [2.75, 3.05) is 24.5 Å². The van der Waals surface area contributed by atoms with E-state index < -0.39 is 0 Å². The Bertz CT molecular complexity index is 444. The number of piperazine rings is 1. The van der Waals surface area contributed by atoms with Crippen molar-refractivity contribution in [3.8, 4) is 0 Å². The Morgan fingerprint density at radius 2 is 2.29 bits per heavy atom. The van der Waals surface area contributed by atoms with E-state index >= 15 is 0 Å². The molecule has 17 heavy (non-hydrogen) atoms. The van der Waals surface area contributed by atoms with E-state index in [1.165, 1.54) is 0 Å². The summed E-state index contributed by atoms with van der Waals surface area (Å²) in [5, 5.41) is 2.82. The van der Waals surface area contributed by atoms with E-state index in [-0.39, 0.29) is 5.91 Å². The minimum absolute atomic E-state index is 0.0614. The van der Waals surface area contributed by atoms with E-state index in [0.717, 1.165) is 29.2 Å². The number of anilines is 1. The molecule has 5 heteroatoms. The van der Waals surface area contributed by atoms with Gasteiger partial charge in [0, 0.05) is 42.3 Å². The second-order valence-corrected chi connectivity index (χ2v) is 4.32. The van der Waals surface area contributed by atoms with Gasteiger partial charge in [0.05, 0.1) is 6.54 Å². The molecule has 1 saturated heterocycles. The third kappa shape index (κ3) is 2.39. The van der Waals surface area contributed by atoms with Crippen LogP contribution in [0.15, 0.2) is 6.07 Å². The number of carbonyl (C=O) groups excluding carboxylic acids is 1. The quantitative estimate of drug-likeness (QED) is 0.761. The van der Waals surface area contributed by atoms with Crippen LogP contribution >= 0.6 is 0 Å². The fourth-order valence-corrected chi connectivity index (χ4v) is 2.21. The molecule has 2 rings (SSSR count). The lowest BCUT2D eigenvalue weighted by atomic mass is 10.1. The van der Waals surface area contributed by atoms with Gasteiger partial charge in [0.1, 0.15) is 0 Å². The van der Waals surface area contributed by atoms with Crippen LogP contribution in [0.5, 0.6) is 0 Å². The standard InChI is InChI=1S/C12H18N4O/c1-8-5-11(10(6-13)9(2)15-8)16-4-3-14-12(17)7-16/h5H,3-4,6-7,13H2,1-2H3,(H,14,17). The predicted molar refractivity (Wildman–Crippen MR) is 66.8 cm³/mol. The molecule has 0 aromatic carbocycles. The summed E-state index contributed by atoms with van der Waals surface area (Å²) < 4.78 is 0. The van der Waals surface area contributed by atoms with Crippen LogP contribution in [0.1, 0.15) is 17.0 Å². The molecule has 92 valence electrons. The van der Waals surface area contributed by atoms with Crippen LogP contribution in [-0.4, -0.2) is 30.5 Å². The molecule has 1 aliphatic rings. The number of nitrogens with two attached hydrogens (primary N) is 1. The molecule has 1 amide bonds. The Kier molecular flexibility index (Phi) is 3.28. The highest BCUT2D eigenvalue weighted by molar-refractivity contribution is 5.83. The number of rotatable bonds is 2. The minimum Gasteiger partial charge on any atom is -0.360 e. The Labute approximate surface area is 101 Å². The van der Waals surface area contributed by atoms with Crippen molar-refractivity contribution in [2.24, 2.45) is 5.73 Å². The van der Waals surface area contributed by atoms with Gasteiger partial charge in [-0.2, -0.15) is 0 Å². The van der Waals surface area contributed by atoms with E-state index in [1.54, 1.807) is 0 Å². The molecule has 1 fully saturated rings. The molecule has 0 saturated carbocycles.